The zero-order valence-electron chi connectivity index (χ0n) is 11.4. The number of anilines is 2. The molecule has 1 saturated heterocycles. The van der Waals surface area contributed by atoms with Gasteiger partial charge in [0.25, 0.3) is 0 Å². The van der Waals surface area contributed by atoms with Crippen LogP contribution in [0.4, 0.5) is 10.8 Å². The fraction of sp³-hybridized carbons (Fsp3) is 0.286. The summed E-state index contributed by atoms with van der Waals surface area (Å²) in [5.41, 5.74) is 7.14. The van der Waals surface area contributed by atoms with Crippen LogP contribution in [0.2, 0.25) is 5.02 Å². The summed E-state index contributed by atoms with van der Waals surface area (Å²) in [5.74, 6) is 0.0389. The predicted molar refractivity (Wildman–Crippen MR) is 89.0 cm³/mol. The highest BCUT2D eigenvalue weighted by atomic mass is 35.5. The normalized spacial score (nSPS) is 15.3. The molecule has 2 heterocycles. The number of hydrogen-bond acceptors (Lipinski definition) is 5. The van der Waals surface area contributed by atoms with Crippen LogP contribution in [0.1, 0.15) is 5.56 Å². The Morgan fingerprint density at radius 1 is 1.24 bits per heavy atom. The number of thiazole rings is 1. The zero-order chi connectivity index (χ0) is 14.8. The van der Waals surface area contributed by atoms with Crippen LogP contribution in [-0.2, 0) is 0 Å². The average Bonchev–Trinajstić information content (AvgIpc) is 3.01. The Kier molecular flexibility index (Phi) is 3.98. The quantitative estimate of drug-likeness (QED) is 0.673. The molecule has 7 heteroatoms. The molecule has 3 rings (SSSR count). The van der Waals surface area contributed by atoms with Gasteiger partial charge in [0.2, 0.25) is 0 Å². The minimum Gasteiger partial charge on any atom is -0.384 e. The van der Waals surface area contributed by atoms with Crippen molar-refractivity contribution in [1.82, 2.24) is 4.98 Å². The van der Waals surface area contributed by atoms with E-state index in [4.69, 9.17) is 22.7 Å². The van der Waals surface area contributed by atoms with Gasteiger partial charge in [0, 0.05) is 43.3 Å². The van der Waals surface area contributed by atoms with Crippen LogP contribution < -0.4 is 15.5 Å². The van der Waals surface area contributed by atoms with Crippen molar-refractivity contribution >= 4 is 39.6 Å². The van der Waals surface area contributed by atoms with Gasteiger partial charge >= 0.3 is 0 Å². The summed E-state index contributed by atoms with van der Waals surface area (Å²) in [6, 6.07) is 5.54. The maximum absolute atomic E-state index is 7.45. The number of rotatable bonds is 3. The van der Waals surface area contributed by atoms with Gasteiger partial charge in [0.05, 0.1) is 10.7 Å². The molecule has 1 aliphatic heterocycles. The highest BCUT2D eigenvalue weighted by molar-refractivity contribution is 7.13. The van der Waals surface area contributed by atoms with Gasteiger partial charge in [0.1, 0.15) is 5.84 Å². The minimum atomic E-state index is 0.0389. The summed E-state index contributed by atoms with van der Waals surface area (Å²) in [6.45, 7) is 3.66. The van der Waals surface area contributed by atoms with Crippen molar-refractivity contribution in [2.45, 2.75) is 0 Å². The third-order valence-corrected chi connectivity index (χ3v) is 4.70. The monoisotopic (exact) mass is 321 g/mol. The molecule has 0 bridgehead atoms. The maximum atomic E-state index is 7.45. The van der Waals surface area contributed by atoms with Gasteiger partial charge in [0.15, 0.2) is 5.13 Å². The summed E-state index contributed by atoms with van der Waals surface area (Å²) in [5, 5.41) is 11.2. The van der Waals surface area contributed by atoms with E-state index in [0.29, 0.717) is 10.6 Å². The van der Waals surface area contributed by atoms with Crippen molar-refractivity contribution < 1.29 is 0 Å². The molecule has 1 aromatic heterocycles. The van der Waals surface area contributed by atoms with E-state index < -0.39 is 0 Å². The van der Waals surface area contributed by atoms with Gasteiger partial charge < -0.3 is 15.5 Å². The van der Waals surface area contributed by atoms with Gasteiger partial charge in [-0.15, -0.1) is 11.3 Å². The van der Waals surface area contributed by atoms with E-state index in [1.807, 2.05) is 23.7 Å². The maximum Gasteiger partial charge on any atom is 0.185 e. The second-order valence-electron chi connectivity index (χ2n) is 4.87. The number of amidine groups is 1. The molecule has 5 nitrogen and oxygen atoms in total. The third kappa shape index (κ3) is 2.96. The van der Waals surface area contributed by atoms with E-state index >= 15 is 0 Å². The third-order valence-electron chi connectivity index (χ3n) is 3.57. The van der Waals surface area contributed by atoms with Crippen LogP contribution in [0, 0.1) is 5.41 Å². The molecule has 0 unspecified atom stereocenters. The molecule has 21 heavy (non-hydrogen) atoms. The van der Waals surface area contributed by atoms with Crippen LogP contribution >= 0.6 is 22.9 Å². The highest BCUT2D eigenvalue weighted by Gasteiger charge is 2.20. The Bertz CT molecular complexity index is 635. The molecule has 1 fully saturated rings. The van der Waals surface area contributed by atoms with Crippen molar-refractivity contribution in [3.8, 4) is 0 Å². The van der Waals surface area contributed by atoms with Crippen LogP contribution in [0.15, 0.2) is 29.8 Å². The first-order valence-corrected chi connectivity index (χ1v) is 7.94. The van der Waals surface area contributed by atoms with Gasteiger partial charge in [-0.05, 0) is 18.2 Å². The lowest BCUT2D eigenvalue weighted by Gasteiger charge is -2.36. The minimum absolute atomic E-state index is 0.0389. The van der Waals surface area contributed by atoms with E-state index in [0.717, 1.165) is 37.0 Å². The summed E-state index contributed by atoms with van der Waals surface area (Å²) < 4.78 is 0. The second-order valence-corrected chi connectivity index (χ2v) is 6.15. The molecule has 1 aliphatic rings. The van der Waals surface area contributed by atoms with Gasteiger partial charge in [-0.2, -0.15) is 0 Å². The molecule has 0 radical (unpaired) electrons. The summed E-state index contributed by atoms with van der Waals surface area (Å²) in [6.07, 6.45) is 1.84. The Balaban J connectivity index is 1.71. The number of benzene rings is 1. The van der Waals surface area contributed by atoms with E-state index in [1.165, 1.54) is 0 Å². The largest absolute Gasteiger partial charge is 0.384 e. The summed E-state index contributed by atoms with van der Waals surface area (Å²) in [4.78, 5) is 8.90. The number of nitrogens with one attached hydrogen (secondary N) is 1. The number of nitrogens with zero attached hydrogens (tertiary/aromatic N) is 3. The molecular formula is C14H16ClN5S. The predicted octanol–water partition coefficient (Wildman–Crippen LogP) is 2.41. The summed E-state index contributed by atoms with van der Waals surface area (Å²) in [7, 11) is 0. The first kappa shape index (κ1) is 14.2. The number of nitrogens with two attached hydrogens (primary N) is 1. The lowest BCUT2D eigenvalue weighted by atomic mass is 10.1. The highest BCUT2D eigenvalue weighted by Crippen LogP contribution is 2.29. The molecule has 1 aromatic carbocycles. The number of aromatic nitrogens is 1. The SMILES string of the molecule is N=C(N)c1ccc(N2CCN(c3nccs3)CC2)c(Cl)c1. The molecule has 0 aliphatic carbocycles. The zero-order valence-corrected chi connectivity index (χ0v) is 13.0. The fourth-order valence-corrected chi connectivity index (χ4v) is 3.44. The van der Waals surface area contributed by atoms with Crippen molar-refractivity contribution in [2.24, 2.45) is 5.73 Å². The average molecular weight is 322 g/mol. The van der Waals surface area contributed by atoms with Crippen molar-refractivity contribution in [3.05, 3.63) is 40.4 Å². The smallest absolute Gasteiger partial charge is 0.185 e. The van der Waals surface area contributed by atoms with Crippen molar-refractivity contribution in [1.29, 1.82) is 5.41 Å². The molecular weight excluding hydrogens is 306 g/mol. The first-order valence-electron chi connectivity index (χ1n) is 6.68. The van der Waals surface area contributed by atoms with Crippen LogP contribution in [0.5, 0.6) is 0 Å². The summed E-state index contributed by atoms with van der Waals surface area (Å²) >= 11 is 7.99. The molecule has 0 saturated carbocycles. The first-order chi connectivity index (χ1) is 10.1. The number of piperazine rings is 1. The van der Waals surface area contributed by atoms with Crippen LogP contribution in [0.25, 0.3) is 0 Å². The number of halogens is 1. The topological polar surface area (TPSA) is 69.2 Å². The number of nitrogen functional groups attached to an aromatic ring is 1. The lowest BCUT2D eigenvalue weighted by Crippen LogP contribution is -2.46. The standard InChI is InChI=1S/C14H16ClN5S/c15-11-9-10(13(16)17)1-2-12(11)19-4-6-20(7-5-19)14-18-3-8-21-14/h1-3,8-9H,4-7H2,(H3,16,17). The fourth-order valence-electron chi connectivity index (χ4n) is 2.44. The molecule has 3 N–H and O–H groups in total. The molecule has 2 aromatic rings. The molecule has 0 spiro atoms. The van der Waals surface area contributed by atoms with E-state index in [9.17, 15) is 0 Å². The Hall–Kier alpha value is -1.79. The Labute approximate surface area is 132 Å². The van der Waals surface area contributed by atoms with E-state index in [2.05, 4.69) is 14.8 Å². The Morgan fingerprint density at radius 2 is 1.95 bits per heavy atom. The van der Waals surface area contributed by atoms with Crippen molar-refractivity contribution in [2.75, 3.05) is 36.0 Å². The van der Waals surface area contributed by atoms with E-state index in [-0.39, 0.29) is 5.84 Å². The molecule has 0 atom stereocenters. The van der Waals surface area contributed by atoms with E-state index in [1.54, 1.807) is 17.4 Å². The van der Waals surface area contributed by atoms with Crippen molar-refractivity contribution in [3.63, 3.8) is 0 Å². The van der Waals surface area contributed by atoms with Crippen LogP contribution in [0.3, 0.4) is 0 Å². The van der Waals surface area contributed by atoms with Gasteiger partial charge in [-0.3, -0.25) is 5.41 Å². The van der Waals surface area contributed by atoms with Gasteiger partial charge in [-0.1, -0.05) is 11.6 Å². The molecule has 110 valence electrons. The second kappa shape index (κ2) is 5.91. The Morgan fingerprint density at radius 3 is 2.52 bits per heavy atom. The van der Waals surface area contributed by atoms with Gasteiger partial charge in [-0.25, -0.2) is 4.98 Å². The van der Waals surface area contributed by atoms with Crippen LogP contribution in [-0.4, -0.2) is 37.0 Å². The molecule has 0 amide bonds. The lowest BCUT2D eigenvalue weighted by molar-refractivity contribution is 0.652. The number of hydrogen-bond donors (Lipinski definition) is 2.